The van der Waals surface area contributed by atoms with Gasteiger partial charge in [-0.15, -0.1) is 0 Å². The van der Waals surface area contributed by atoms with Crippen LogP contribution in [0.25, 0.3) is 0 Å². The highest BCUT2D eigenvalue weighted by molar-refractivity contribution is 7.92. The number of nitrogens with zero attached hydrogens (tertiary/aromatic N) is 1. The van der Waals surface area contributed by atoms with E-state index >= 15 is 0 Å². The van der Waals surface area contributed by atoms with Gasteiger partial charge in [-0.25, -0.2) is 13.2 Å². The fourth-order valence-electron chi connectivity index (χ4n) is 4.13. The Kier molecular flexibility index (Phi) is 6.86. The zero-order chi connectivity index (χ0) is 25.2. The van der Waals surface area contributed by atoms with Crippen molar-refractivity contribution in [2.45, 2.75) is 18.4 Å². The fraction of sp³-hybridized carbons (Fsp3) is 0.240. The van der Waals surface area contributed by atoms with E-state index in [1.54, 1.807) is 48.5 Å². The van der Waals surface area contributed by atoms with Gasteiger partial charge in [0.05, 0.1) is 17.9 Å². The van der Waals surface area contributed by atoms with Crippen LogP contribution in [0.4, 0.5) is 0 Å². The maximum atomic E-state index is 13.5. The second-order valence-corrected chi connectivity index (χ2v) is 10.1. The average molecular weight is 498 g/mol. The van der Waals surface area contributed by atoms with Crippen LogP contribution in [0.2, 0.25) is 0 Å². The first-order valence-electron chi connectivity index (χ1n) is 10.8. The van der Waals surface area contributed by atoms with Crippen molar-refractivity contribution in [3.63, 3.8) is 0 Å². The number of fused-ring (bicyclic) bond motifs is 1. The summed E-state index contributed by atoms with van der Waals surface area (Å²) in [5.74, 6) is -2.95. The Hall–Kier alpha value is -3.76. The number of hydrogen-bond donors (Lipinski definition) is 1. The Morgan fingerprint density at radius 2 is 1.66 bits per heavy atom. The number of ether oxygens (including phenoxy) is 2. The van der Waals surface area contributed by atoms with Crippen LogP contribution in [0.15, 0.2) is 83.6 Å². The second-order valence-electron chi connectivity index (χ2n) is 8.02. The van der Waals surface area contributed by atoms with Gasteiger partial charge in [0.1, 0.15) is 12.3 Å². The molecule has 2 heterocycles. The van der Waals surface area contributed by atoms with Crippen molar-refractivity contribution < 1.29 is 37.4 Å². The third kappa shape index (κ3) is 4.75. The molecule has 2 aromatic rings. The number of sulfone groups is 1. The molecule has 2 aliphatic heterocycles. The SMILES string of the molecule is CC(=O)OCC1=C(C(=O)OC(c2ccccc2)c2ccccc2)N2C(=O)/C(=C/CO)[C@H]2S(=O)(=O)C1. The molecule has 1 fully saturated rings. The lowest BCUT2D eigenvalue weighted by molar-refractivity contribution is -0.149. The van der Waals surface area contributed by atoms with E-state index in [0.29, 0.717) is 11.1 Å². The van der Waals surface area contributed by atoms with Crippen molar-refractivity contribution in [3.05, 3.63) is 94.7 Å². The van der Waals surface area contributed by atoms with E-state index < -0.39 is 58.1 Å². The molecule has 4 rings (SSSR count). The summed E-state index contributed by atoms with van der Waals surface area (Å²) in [5, 5.41) is 7.80. The number of hydrogen-bond acceptors (Lipinski definition) is 8. The Labute approximate surface area is 202 Å². The van der Waals surface area contributed by atoms with E-state index in [-0.39, 0.29) is 16.8 Å². The van der Waals surface area contributed by atoms with Crippen molar-refractivity contribution >= 4 is 27.7 Å². The number of aliphatic hydroxyl groups is 1. The molecule has 1 amide bonds. The minimum Gasteiger partial charge on any atom is -0.461 e. The maximum absolute atomic E-state index is 13.5. The summed E-state index contributed by atoms with van der Waals surface area (Å²) in [6.07, 6.45) is 0.269. The zero-order valence-electron chi connectivity index (χ0n) is 18.8. The topological polar surface area (TPSA) is 127 Å². The van der Waals surface area contributed by atoms with E-state index in [1.807, 2.05) is 12.1 Å². The van der Waals surface area contributed by atoms with Crippen LogP contribution in [0.5, 0.6) is 0 Å². The van der Waals surface area contributed by atoms with Crippen molar-refractivity contribution in [3.8, 4) is 0 Å². The molecule has 0 aromatic heterocycles. The minimum absolute atomic E-state index is 0.0577. The number of carbonyl (C=O) groups is 3. The van der Waals surface area contributed by atoms with Gasteiger partial charge in [-0.2, -0.15) is 0 Å². The summed E-state index contributed by atoms with van der Waals surface area (Å²) in [5.41, 5.74) is 0.891. The molecule has 1 atom stereocenters. The molecule has 0 spiro atoms. The smallest absolute Gasteiger partial charge is 0.356 e. The van der Waals surface area contributed by atoms with Crippen molar-refractivity contribution in [2.24, 2.45) is 0 Å². The fourth-order valence-corrected chi connectivity index (χ4v) is 6.10. The Morgan fingerprint density at radius 3 is 2.17 bits per heavy atom. The van der Waals surface area contributed by atoms with Crippen LogP contribution in [0, 0.1) is 0 Å². The monoisotopic (exact) mass is 497 g/mol. The molecule has 182 valence electrons. The summed E-state index contributed by atoms with van der Waals surface area (Å²) < 4.78 is 36.7. The Balaban J connectivity index is 1.77. The molecular weight excluding hydrogens is 474 g/mol. The number of carbonyl (C=O) groups excluding carboxylic acids is 3. The number of β-lactam (4-membered cyclic amide) rings is 1. The van der Waals surface area contributed by atoms with Gasteiger partial charge in [0, 0.05) is 12.5 Å². The first kappa shape index (κ1) is 24.4. The second kappa shape index (κ2) is 9.85. The predicted molar refractivity (Wildman–Crippen MR) is 124 cm³/mol. The highest BCUT2D eigenvalue weighted by atomic mass is 32.2. The van der Waals surface area contributed by atoms with Gasteiger partial charge in [-0.1, -0.05) is 60.7 Å². The number of benzene rings is 2. The summed E-state index contributed by atoms with van der Waals surface area (Å²) in [6.45, 7) is 0.126. The summed E-state index contributed by atoms with van der Waals surface area (Å²) >= 11 is 0. The number of amides is 1. The molecule has 0 bridgehead atoms. The molecule has 0 saturated carbocycles. The normalized spacial score (nSPS) is 19.9. The van der Waals surface area contributed by atoms with E-state index in [0.717, 1.165) is 17.9 Å². The van der Waals surface area contributed by atoms with Gasteiger partial charge in [0.15, 0.2) is 21.3 Å². The lowest BCUT2D eigenvalue weighted by Gasteiger charge is -2.45. The van der Waals surface area contributed by atoms with E-state index in [9.17, 15) is 27.9 Å². The molecule has 0 unspecified atom stereocenters. The largest absolute Gasteiger partial charge is 0.461 e. The third-order valence-corrected chi connectivity index (χ3v) is 7.54. The first-order valence-corrected chi connectivity index (χ1v) is 12.5. The van der Waals surface area contributed by atoms with Crippen molar-refractivity contribution in [2.75, 3.05) is 19.0 Å². The summed E-state index contributed by atoms with van der Waals surface area (Å²) in [6, 6.07) is 17.9. The maximum Gasteiger partial charge on any atom is 0.356 e. The zero-order valence-corrected chi connectivity index (χ0v) is 19.6. The van der Waals surface area contributed by atoms with Gasteiger partial charge in [-0.3, -0.25) is 14.5 Å². The van der Waals surface area contributed by atoms with Gasteiger partial charge in [0.25, 0.3) is 5.91 Å². The van der Waals surface area contributed by atoms with Gasteiger partial charge in [-0.05, 0) is 17.2 Å². The van der Waals surface area contributed by atoms with Crippen molar-refractivity contribution in [1.82, 2.24) is 4.90 Å². The van der Waals surface area contributed by atoms with Crippen LogP contribution in [0.3, 0.4) is 0 Å². The van der Waals surface area contributed by atoms with Gasteiger partial charge in [0.2, 0.25) is 0 Å². The predicted octanol–water partition coefficient (Wildman–Crippen LogP) is 1.65. The molecule has 35 heavy (non-hydrogen) atoms. The average Bonchev–Trinajstić information content (AvgIpc) is 2.84. The first-order chi connectivity index (χ1) is 16.7. The van der Waals surface area contributed by atoms with Crippen LogP contribution in [-0.4, -0.2) is 60.6 Å². The molecule has 2 aliphatic rings. The van der Waals surface area contributed by atoms with E-state index in [2.05, 4.69) is 0 Å². The molecule has 9 nitrogen and oxygen atoms in total. The number of rotatable bonds is 7. The highest BCUT2D eigenvalue weighted by Crippen LogP contribution is 2.41. The van der Waals surface area contributed by atoms with E-state index in [4.69, 9.17) is 9.47 Å². The Morgan fingerprint density at radius 1 is 1.09 bits per heavy atom. The van der Waals surface area contributed by atoms with E-state index in [1.165, 1.54) is 0 Å². The molecule has 2 aromatic carbocycles. The third-order valence-electron chi connectivity index (χ3n) is 5.64. The quantitative estimate of drug-likeness (QED) is 0.348. The van der Waals surface area contributed by atoms with Gasteiger partial charge >= 0.3 is 11.9 Å². The van der Waals surface area contributed by atoms with Gasteiger partial charge < -0.3 is 14.6 Å². The van der Waals surface area contributed by atoms with Crippen LogP contribution < -0.4 is 0 Å². The Bertz CT molecular complexity index is 1280. The summed E-state index contributed by atoms with van der Waals surface area (Å²) in [7, 11) is -3.96. The lowest BCUT2D eigenvalue weighted by Crippen LogP contribution is -2.62. The number of aliphatic hydroxyl groups excluding tert-OH is 1. The minimum atomic E-state index is -3.96. The molecule has 0 radical (unpaired) electrons. The molecular formula is C25H23NO8S. The van der Waals surface area contributed by atoms with Crippen LogP contribution in [0.1, 0.15) is 24.2 Å². The van der Waals surface area contributed by atoms with Crippen LogP contribution in [-0.2, 0) is 33.7 Å². The molecule has 0 aliphatic carbocycles. The molecule has 10 heteroatoms. The van der Waals surface area contributed by atoms with Crippen molar-refractivity contribution in [1.29, 1.82) is 0 Å². The van der Waals surface area contributed by atoms with Crippen LogP contribution >= 0.6 is 0 Å². The molecule has 1 N–H and O–H groups in total. The number of esters is 2. The molecule has 1 saturated heterocycles. The summed E-state index contributed by atoms with van der Waals surface area (Å²) in [4.78, 5) is 38.6. The highest BCUT2D eigenvalue weighted by Gasteiger charge is 2.57. The standard InChI is InChI=1S/C25H23NO8S/c1-16(28)33-14-19-15-35(31,32)24-20(12-13-27)23(29)26(24)21(19)25(30)34-22(17-8-4-2-5-9-17)18-10-6-3-7-11-18/h2-12,22,24,27H,13-15H2,1H3/b20-12-/t24-/m1/s1. The lowest BCUT2D eigenvalue weighted by atomic mass is 10.0.